The first-order valence-electron chi connectivity index (χ1n) is 43.2. The number of hydrogen-bond acceptors (Lipinski definition) is 30. The third-order valence-electron chi connectivity index (χ3n) is 21.0. The lowest BCUT2D eigenvalue weighted by atomic mass is 9.85. The highest BCUT2D eigenvalue weighted by molar-refractivity contribution is 7.20. The average molecular weight is 1930 g/mol. The molecule has 0 bridgehead atoms. The third kappa shape index (κ3) is 30.1. The number of carboxylic acid groups (broad SMARTS) is 1. The van der Waals surface area contributed by atoms with Gasteiger partial charge in [0.1, 0.15) is 53.4 Å². The molecule has 0 spiro atoms. The number of carbonyl (C=O) groups is 10. The molecule has 0 fully saturated rings. The number of hydrogen-bond donors (Lipinski definition) is 4. The Labute approximate surface area is 797 Å². The van der Waals surface area contributed by atoms with Gasteiger partial charge in [-0.3, -0.25) is 38.8 Å². The van der Waals surface area contributed by atoms with E-state index >= 15 is 0 Å². The van der Waals surface area contributed by atoms with E-state index in [9.17, 15) is 67.7 Å². The minimum atomic E-state index is -1.78. The number of fused-ring (bicyclic) bond motifs is 3. The highest BCUT2D eigenvalue weighted by Crippen LogP contribution is 2.48. The number of carboxylic acids is 1. The molecule has 9 aromatic rings. The van der Waals surface area contributed by atoms with E-state index in [1.165, 1.54) is 54.2 Å². The van der Waals surface area contributed by atoms with Gasteiger partial charge in [0.25, 0.3) is 17.4 Å². The summed E-state index contributed by atoms with van der Waals surface area (Å²) in [6.45, 7) is 33.4. The Kier molecular flexibility index (Phi) is 45.3. The van der Waals surface area contributed by atoms with Crippen LogP contribution in [0.3, 0.4) is 0 Å². The number of aryl methyl sites for hydroxylation is 1. The van der Waals surface area contributed by atoms with Gasteiger partial charge in [-0.2, -0.15) is 19.2 Å². The Morgan fingerprint density at radius 2 is 0.733 bits per heavy atom. The second-order valence-corrected chi connectivity index (χ2v) is 36.9. The molecule has 5 aromatic carbocycles. The Morgan fingerprint density at radius 3 is 1.03 bits per heavy atom. The molecule has 4 amide bonds. The van der Waals surface area contributed by atoms with Crippen LogP contribution in [0.15, 0.2) is 161 Å². The van der Waals surface area contributed by atoms with Gasteiger partial charge in [0.05, 0.1) is 79.2 Å². The number of carbonyl (C=O) groups excluding carboxylic acids is 13. The number of aliphatic hydroxyl groups is 2. The molecule has 2 aliphatic heterocycles. The van der Waals surface area contributed by atoms with Gasteiger partial charge in [-0.25, -0.2) is 38.1 Å². The number of amides is 4. The summed E-state index contributed by atoms with van der Waals surface area (Å²) in [6.07, 6.45) is 1.54. The molecule has 7 atom stereocenters. The number of nitrogens with zero attached hydrogens (tertiary/aromatic N) is 3. The number of thiophene rings is 3. The number of nitrogens with one attached hydrogen (secondary N) is 1. The van der Waals surface area contributed by atoms with Crippen molar-refractivity contribution in [3.63, 3.8) is 0 Å². The van der Waals surface area contributed by atoms with Crippen LogP contribution in [0.25, 0.3) is 10.2 Å². The molecule has 2 unspecified atom stereocenters. The Bertz CT molecular complexity index is 5590. The van der Waals surface area contributed by atoms with Gasteiger partial charge in [-0.15, -0.1) is 34.0 Å². The van der Waals surface area contributed by atoms with Crippen molar-refractivity contribution in [1.82, 2.24) is 19.4 Å². The van der Waals surface area contributed by atoms with Gasteiger partial charge in [-0.1, -0.05) is 166 Å². The number of benzene rings is 5. The minimum Gasteiger partial charge on any atom is -0.480 e. The van der Waals surface area contributed by atoms with Crippen LogP contribution >= 0.6 is 34.0 Å². The predicted molar refractivity (Wildman–Crippen MR) is 505 cm³/mol. The van der Waals surface area contributed by atoms with Crippen molar-refractivity contribution < 1.29 is 125 Å². The lowest BCUT2D eigenvalue weighted by molar-refractivity contribution is -0.193. The quantitative estimate of drug-likeness (QED) is 0.0201. The standard InChI is InChI=1S/C28H35NO7S.C24H27NO7S.C18H24N2O6S.C10H14O.C9H12O2.C9H12O.2CO2/c1-9-35-25(32)21-16(2)20-22(37-21)18(15-19(34-8)17-13-11-10-12-14-17)23(30)29(24(20)31)28(6,7)26(33)36-27(3,4)5;1-6-32-22(28)18-13(2)17-19(33-18)15(12-16(31-5)14-10-8-7-9-11-14)20(26)25(21(17)27)24(3,4)23(29)30;1-8-25-14(22)11-9(2)10-12(27-11)19-16(24)20(13(10)21)18(6,7)15(23)26-17(3,4)5;1-3-10(11-2)9-7-5-4-6-8-9;1-11-9(7-10)8-5-3-2-4-6-8;1-2-9(10)8-6-4-3-5-7-8;2*2-1-3/h10-14,18-19H,9,15H2,1-8H3;7-11,15-16H,6,12H2,1-5H3,(H,29,30);8H2,1-7H3,(H,19,24);4-8,10H,3H2,1-2H3;2-6,9-10H,7H2,1H3;3-7,9-10H,2H2,1H3;;/t18?,19-;15?,16-;;10-;2*9-;;/m00.000../s1. The molecule has 0 saturated heterocycles. The predicted octanol–water partition coefficient (Wildman–Crippen LogP) is 16.6. The number of methoxy groups -OCH3 is 4. The minimum absolute atomic E-state index is 0.0283. The molecule has 4 aromatic heterocycles. The topological polar surface area (TPSA) is 444 Å². The number of aromatic amines is 1. The number of esters is 5. The van der Waals surface area contributed by atoms with Gasteiger partial charge in [0, 0.05) is 38.2 Å². The van der Waals surface area contributed by atoms with Crippen LogP contribution in [0.2, 0.25) is 0 Å². The van der Waals surface area contributed by atoms with E-state index in [4.69, 9.17) is 66.9 Å². The van der Waals surface area contributed by atoms with E-state index in [0.717, 1.165) is 83.5 Å². The van der Waals surface area contributed by atoms with Crippen LogP contribution in [0, 0.1) is 20.8 Å². The summed E-state index contributed by atoms with van der Waals surface area (Å²) in [6, 6.07) is 48.4. The SMILES string of the molecule is CCOC(=O)c1sc2[nH]c(=O)n(C(C)(C)C(=O)OC(C)(C)C)c(=O)c2c1C.CCOC(=O)c1sc2c(c1C)C(=O)N(C(C)(C)C(=O)O)C(=O)C2C[C@H](OC)c1ccccc1.CCOC(=O)c1sc2c(c1C)C(=O)N(C(C)(C)C(=O)OC(C)(C)C)C(=O)C2C[C@H](OC)c1ccccc1.CC[C@H](O)c1ccccc1.CC[C@H](OC)c1ccccc1.CO[C@@H](CO)c1ccccc1.O=C=O.O=C=O. The summed E-state index contributed by atoms with van der Waals surface area (Å²) in [7, 11) is 6.43. The first kappa shape index (κ1) is 115. The van der Waals surface area contributed by atoms with E-state index in [2.05, 4.69) is 24.0 Å². The summed E-state index contributed by atoms with van der Waals surface area (Å²) in [5.74, 6) is -8.63. The number of H-pyrrole nitrogens is 1. The Balaban J connectivity index is 0.000000356. The number of ether oxygens (including phenoxy) is 9. The largest absolute Gasteiger partial charge is 0.480 e. The lowest BCUT2D eigenvalue weighted by Gasteiger charge is -2.41. The Hall–Kier alpha value is -12.2. The van der Waals surface area contributed by atoms with Crippen LogP contribution in [-0.2, 0) is 91.3 Å². The molecule has 0 radical (unpaired) electrons. The van der Waals surface area contributed by atoms with Gasteiger partial charge in [0.15, 0.2) is 0 Å². The van der Waals surface area contributed by atoms with E-state index < -0.39 is 123 Å². The number of aromatic nitrogens is 2. The zero-order chi connectivity index (χ0) is 102. The fraction of sp³-hybridized carbons (Fsp3) is 0.440. The smallest absolute Gasteiger partial charge is 0.373 e. The van der Waals surface area contributed by atoms with Crippen LogP contribution < -0.4 is 11.2 Å². The maximum absolute atomic E-state index is 14.0. The molecule has 11 rings (SSSR count). The van der Waals surface area contributed by atoms with Gasteiger partial charge in [0.2, 0.25) is 11.8 Å². The molecule has 2 aliphatic rings. The highest BCUT2D eigenvalue weighted by Gasteiger charge is 2.54. The zero-order valence-electron chi connectivity index (χ0n) is 80.7. The van der Waals surface area contributed by atoms with Crippen molar-refractivity contribution in [3.05, 3.63) is 253 Å². The lowest BCUT2D eigenvalue weighted by Crippen LogP contribution is -2.60. The zero-order valence-corrected chi connectivity index (χ0v) is 83.2. The van der Waals surface area contributed by atoms with Crippen molar-refractivity contribution in [1.29, 1.82) is 0 Å². The van der Waals surface area contributed by atoms with Gasteiger partial charge < -0.3 is 58.0 Å². The number of aliphatic hydroxyl groups excluding tert-OH is 2. The number of aliphatic carboxylic acids is 1. The average Bonchev–Trinajstić information content (AvgIpc) is 1.62. The maximum atomic E-state index is 14.0. The van der Waals surface area contributed by atoms with E-state index in [1.54, 1.807) is 104 Å². The molecule has 0 aliphatic carbocycles. The van der Waals surface area contributed by atoms with Crippen LogP contribution in [-0.4, -0.2) is 184 Å². The molecule has 6 heterocycles. The van der Waals surface area contributed by atoms with Gasteiger partial charge >= 0.3 is 53.8 Å². The molecule has 730 valence electrons. The molecule has 0 saturated carbocycles. The number of rotatable bonds is 28. The summed E-state index contributed by atoms with van der Waals surface area (Å²) in [4.78, 5) is 194. The first-order chi connectivity index (χ1) is 63.5. The second kappa shape index (κ2) is 53.2. The third-order valence-corrected chi connectivity index (χ3v) is 25.0. The second-order valence-electron chi connectivity index (χ2n) is 33.7. The highest BCUT2D eigenvalue weighted by atomic mass is 32.1. The monoisotopic (exact) mass is 1920 g/mol. The van der Waals surface area contributed by atoms with E-state index in [-0.39, 0.29) is 106 Å². The van der Waals surface area contributed by atoms with Crippen molar-refractivity contribution >= 4 is 116 Å². The van der Waals surface area contributed by atoms with Crippen molar-refractivity contribution in [2.24, 2.45) is 0 Å². The van der Waals surface area contributed by atoms with Crippen LogP contribution in [0.4, 0.5) is 0 Å². The molecule has 32 nitrogen and oxygen atoms in total. The van der Waals surface area contributed by atoms with E-state index in [1.807, 2.05) is 146 Å². The van der Waals surface area contributed by atoms with E-state index in [0.29, 0.717) is 26.4 Å². The normalized spacial score (nSPS) is 14.4. The molecule has 135 heavy (non-hydrogen) atoms. The summed E-state index contributed by atoms with van der Waals surface area (Å²) in [5.41, 5.74) is -1.26. The fourth-order valence-electron chi connectivity index (χ4n) is 14.1. The van der Waals surface area contributed by atoms with Crippen molar-refractivity contribution in [2.45, 2.75) is 234 Å². The van der Waals surface area contributed by atoms with Crippen LogP contribution in [0.1, 0.15) is 290 Å². The maximum Gasteiger partial charge on any atom is 0.373 e. The van der Waals surface area contributed by atoms with Gasteiger partial charge in [-0.05, 0) is 195 Å². The summed E-state index contributed by atoms with van der Waals surface area (Å²) < 4.78 is 48.8. The first-order valence-corrected chi connectivity index (χ1v) is 45.7. The van der Waals surface area contributed by atoms with Crippen molar-refractivity contribution in [3.8, 4) is 0 Å². The van der Waals surface area contributed by atoms with Crippen molar-refractivity contribution in [2.75, 3.05) is 54.9 Å². The number of imide groups is 2. The molecule has 4 N–H and O–H groups in total. The fourth-order valence-corrected chi connectivity index (χ4v) is 17.8. The summed E-state index contributed by atoms with van der Waals surface area (Å²) in [5, 5.41) is 28.1. The van der Waals surface area contributed by atoms with Crippen LogP contribution in [0.5, 0.6) is 0 Å². The Morgan fingerprint density at radius 1 is 0.430 bits per heavy atom. The molecular formula is C100H124N4O28S3. The summed E-state index contributed by atoms with van der Waals surface area (Å²) >= 11 is 3.12. The molecular weight excluding hydrogens is 1800 g/mol. The molecule has 35 heteroatoms.